The van der Waals surface area contributed by atoms with Crippen LogP contribution in [0.1, 0.15) is 22.3 Å². The predicted octanol–water partition coefficient (Wildman–Crippen LogP) is 1.29. The first kappa shape index (κ1) is 13.5. The number of aliphatic hydroxyl groups excluding tert-OH is 1. The normalized spacial score (nSPS) is 17.8. The van der Waals surface area contributed by atoms with Gasteiger partial charge in [0.2, 0.25) is 10.0 Å². The van der Waals surface area contributed by atoms with Crippen LogP contribution >= 0.6 is 0 Å². The second-order valence-electron chi connectivity index (χ2n) is 5.07. The van der Waals surface area contributed by atoms with Gasteiger partial charge in [-0.05, 0) is 49.9 Å². The van der Waals surface area contributed by atoms with Gasteiger partial charge in [0.15, 0.2) is 0 Å². The number of aliphatic hydroxyl groups is 1. The van der Waals surface area contributed by atoms with E-state index in [0.717, 1.165) is 22.3 Å². The van der Waals surface area contributed by atoms with E-state index in [-0.39, 0.29) is 13.1 Å². The number of β-amino-alcohol motifs (C(OH)–C–C–N with tert-alkyl or cyclic N) is 1. The molecule has 1 aromatic carbocycles. The molecule has 0 atom stereocenters. The highest BCUT2D eigenvalue weighted by Gasteiger charge is 2.37. The Hall–Kier alpha value is -0.910. The van der Waals surface area contributed by atoms with Crippen molar-refractivity contribution in [3.63, 3.8) is 0 Å². The van der Waals surface area contributed by atoms with Crippen molar-refractivity contribution in [2.24, 2.45) is 0 Å². The van der Waals surface area contributed by atoms with Crippen LogP contribution in [0.25, 0.3) is 0 Å². The lowest BCUT2D eigenvalue weighted by molar-refractivity contribution is 0.0547. The van der Waals surface area contributed by atoms with Crippen molar-refractivity contribution in [3.8, 4) is 0 Å². The molecular weight excluding hydrogens is 250 g/mol. The third kappa shape index (κ3) is 1.96. The van der Waals surface area contributed by atoms with Crippen molar-refractivity contribution < 1.29 is 13.5 Å². The summed E-state index contributed by atoms with van der Waals surface area (Å²) in [5.74, 6) is 0. The number of hydrogen-bond donors (Lipinski definition) is 1. The first-order chi connectivity index (χ1) is 8.25. The van der Waals surface area contributed by atoms with Gasteiger partial charge >= 0.3 is 0 Å². The molecule has 0 amide bonds. The molecule has 0 bridgehead atoms. The minimum Gasteiger partial charge on any atom is -0.390 e. The minimum absolute atomic E-state index is 0.203. The Labute approximate surface area is 108 Å². The van der Waals surface area contributed by atoms with Crippen LogP contribution < -0.4 is 0 Å². The second kappa shape index (κ2) is 4.33. The molecule has 1 N–H and O–H groups in total. The number of hydrogen-bond acceptors (Lipinski definition) is 3. The molecule has 1 saturated heterocycles. The summed E-state index contributed by atoms with van der Waals surface area (Å²) in [7, 11) is -3.47. The third-order valence-electron chi connectivity index (χ3n) is 3.72. The Morgan fingerprint density at radius 1 is 1.11 bits per heavy atom. The van der Waals surface area contributed by atoms with Gasteiger partial charge in [0.25, 0.3) is 0 Å². The Kier molecular flexibility index (Phi) is 3.25. The largest absolute Gasteiger partial charge is 0.390 e. The highest BCUT2D eigenvalue weighted by Crippen LogP contribution is 2.30. The molecule has 5 heteroatoms. The van der Waals surface area contributed by atoms with E-state index in [2.05, 4.69) is 0 Å². The molecule has 0 spiro atoms. The van der Waals surface area contributed by atoms with Gasteiger partial charge in [-0.15, -0.1) is 0 Å². The SMILES string of the molecule is Cc1cc(C)c(C)c(S(=O)(=O)N2CC(O)C2)c1C. The fraction of sp³-hybridized carbons (Fsp3) is 0.538. The number of rotatable bonds is 2. The highest BCUT2D eigenvalue weighted by molar-refractivity contribution is 7.89. The molecule has 100 valence electrons. The molecule has 1 aliphatic heterocycles. The molecule has 4 nitrogen and oxygen atoms in total. The first-order valence-electron chi connectivity index (χ1n) is 6.00. The zero-order chi connectivity index (χ0) is 13.7. The lowest BCUT2D eigenvalue weighted by Crippen LogP contribution is -2.53. The van der Waals surface area contributed by atoms with Crippen LogP contribution in [0, 0.1) is 27.7 Å². The van der Waals surface area contributed by atoms with E-state index >= 15 is 0 Å². The quantitative estimate of drug-likeness (QED) is 0.880. The van der Waals surface area contributed by atoms with E-state index in [1.165, 1.54) is 4.31 Å². The third-order valence-corrected chi connectivity index (χ3v) is 5.83. The Morgan fingerprint density at radius 2 is 1.56 bits per heavy atom. The lowest BCUT2D eigenvalue weighted by atomic mass is 10.0. The lowest BCUT2D eigenvalue weighted by Gasteiger charge is -2.35. The maximum absolute atomic E-state index is 12.5. The van der Waals surface area contributed by atoms with Crippen molar-refractivity contribution in [2.75, 3.05) is 13.1 Å². The molecule has 1 heterocycles. The summed E-state index contributed by atoms with van der Waals surface area (Å²) in [5.41, 5.74) is 3.58. The van der Waals surface area contributed by atoms with Gasteiger partial charge in [-0.1, -0.05) is 6.07 Å². The van der Waals surface area contributed by atoms with E-state index in [4.69, 9.17) is 0 Å². The maximum atomic E-state index is 12.5. The molecule has 1 fully saturated rings. The zero-order valence-corrected chi connectivity index (χ0v) is 12.0. The van der Waals surface area contributed by atoms with Crippen LogP contribution in [0.3, 0.4) is 0 Å². The topological polar surface area (TPSA) is 57.6 Å². The Morgan fingerprint density at radius 3 is 1.94 bits per heavy atom. The van der Waals surface area contributed by atoms with Crippen LogP contribution in [0.5, 0.6) is 0 Å². The highest BCUT2D eigenvalue weighted by atomic mass is 32.2. The summed E-state index contributed by atoms with van der Waals surface area (Å²) < 4.78 is 26.4. The van der Waals surface area contributed by atoms with E-state index in [0.29, 0.717) is 4.90 Å². The van der Waals surface area contributed by atoms with Gasteiger partial charge in [-0.25, -0.2) is 8.42 Å². The van der Waals surface area contributed by atoms with Crippen molar-refractivity contribution >= 4 is 10.0 Å². The minimum atomic E-state index is -3.47. The summed E-state index contributed by atoms with van der Waals surface area (Å²) in [4.78, 5) is 0.409. The smallest absolute Gasteiger partial charge is 0.243 e. The number of sulfonamides is 1. The van der Waals surface area contributed by atoms with Crippen molar-refractivity contribution in [1.82, 2.24) is 4.31 Å². The van der Waals surface area contributed by atoms with Crippen LogP contribution in [0.2, 0.25) is 0 Å². The summed E-state index contributed by atoms with van der Waals surface area (Å²) in [6.45, 7) is 7.93. The van der Waals surface area contributed by atoms with Gasteiger partial charge in [0.05, 0.1) is 11.0 Å². The molecule has 2 rings (SSSR count). The first-order valence-corrected chi connectivity index (χ1v) is 7.44. The predicted molar refractivity (Wildman–Crippen MR) is 70.2 cm³/mol. The Bertz CT molecular complexity index is 560. The number of benzene rings is 1. The average molecular weight is 269 g/mol. The van der Waals surface area contributed by atoms with Crippen molar-refractivity contribution in [1.29, 1.82) is 0 Å². The second-order valence-corrected chi connectivity index (χ2v) is 6.94. The van der Waals surface area contributed by atoms with E-state index in [1.807, 2.05) is 33.8 Å². The summed E-state index contributed by atoms with van der Waals surface area (Å²) in [5, 5.41) is 9.27. The summed E-state index contributed by atoms with van der Waals surface area (Å²) in [6.07, 6.45) is -0.522. The molecule has 0 unspecified atom stereocenters. The van der Waals surface area contributed by atoms with Crippen LogP contribution in [0.4, 0.5) is 0 Å². The molecule has 0 radical (unpaired) electrons. The molecule has 1 aromatic rings. The number of aryl methyl sites for hydroxylation is 2. The van der Waals surface area contributed by atoms with Crippen LogP contribution in [-0.2, 0) is 10.0 Å². The van der Waals surface area contributed by atoms with Gasteiger partial charge in [0.1, 0.15) is 0 Å². The van der Waals surface area contributed by atoms with Gasteiger partial charge in [-0.2, -0.15) is 4.31 Å². The zero-order valence-electron chi connectivity index (χ0n) is 11.2. The molecule has 18 heavy (non-hydrogen) atoms. The molecule has 0 aliphatic carbocycles. The van der Waals surface area contributed by atoms with E-state index in [1.54, 1.807) is 0 Å². The van der Waals surface area contributed by atoms with Crippen molar-refractivity contribution in [3.05, 3.63) is 28.3 Å². The monoisotopic (exact) mass is 269 g/mol. The van der Waals surface area contributed by atoms with Crippen LogP contribution in [-0.4, -0.2) is 37.0 Å². The van der Waals surface area contributed by atoms with Crippen molar-refractivity contribution in [2.45, 2.75) is 38.7 Å². The maximum Gasteiger partial charge on any atom is 0.243 e. The van der Waals surface area contributed by atoms with Gasteiger partial charge < -0.3 is 5.11 Å². The summed E-state index contributed by atoms with van der Waals surface area (Å²) in [6, 6.07) is 2.01. The summed E-state index contributed by atoms with van der Waals surface area (Å²) >= 11 is 0. The van der Waals surface area contributed by atoms with E-state index < -0.39 is 16.1 Å². The molecule has 0 saturated carbocycles. The molecule has 1 aliphatic rings. The standard InChI is InChI=1S/C13H19NO3S/c1-8-5-9(2)11(4)13(10(8)3)18(16,17)14-6-12(15)7-14/h5,12,15H,6-7H2,1-4H3. The van der Waals surface area contributed by atoms with E-state index in [9.17, 15) is 13.5 Å². The Balaban J connectivity index is 2.58. The number of nitrogens with zero attached hydrogens (tertiary/aromatic N) is 1. The molecule has 0 aromatic heterocycles. The van der Waals surface area contributed by atoms with Crippen LogP contribution in [0.15, 0.2) is 11.0 Å². The van der Waals surface area contributed by atoms with Gasteiger partial charge in [0, 0.05) is 13.1 Å². The fourth-order valence-electron chi connectivity index (χ4n) is 2.31. The fourth-order valence-corrected chi connectivity index (χ4v) is 4.40. The molecular formula is C13H19NO3S. The van der Waals surface area contributed by atoms with Gasteiger partial charge in [-0.3, -0.25) is 0 Å². The average Bonchev–Trinajstić information content (AvgIpc) is 2.22.